The van der Waals surface area contributed by atoms with E-state index in [4.69, 9.17) is 30.8 Å². The Kier molecular flexibility index (Phi) is 26.5. The molecule has 0 aromatic rings. The summed E-state index contributed by atoms with van der Waals surface area (Å²) in [7, 11) is 0. The van der Waals surface area contributed by atoms with Crippen LogP contribution in [0.25, 0.3) is 0 Å². The quantitative estimate of drug-likeness (QED) is 0.206. The van der Waals surface area contributed by atoms with E-state index < -0.39 is 0 Å². The number of aliphatic hydroxyl groups is 1. The number of hydrogen-bond acceptors (Lipinski definition) is 7. The number of rotatable bonds is 15. The van der Waals surface area contributed by atoms with Gasteiger partial charge in [0.25, 0.3) is 0 Å². The van der Waals surface area contributed by atoms with Crippen molar-refractivity contribution in [2.75, 3.05) is 46.2 Å². The van der Waals surface area contributed by atoms with Gasteiger partial charge >= 0.3 is 0 Å². The fraction of sp³-hybridized carbons (Fsp3) is 0.821. The predicted molar refractivity (Wildman–Crippen MR) is 150 cm³/mol. The number of nitrogens with zero attached hydrogens (tertiary/aromatic N) is 1. The molecule has 1 heterocycles. The summed E-state index contributed by atoms with van der Waals surface area (Å²) >= 11 is 0. The Morgan fingerprint density at radius 2 is 1.80 bits per heavy atom. The van der Waals surface area contributed by atoms with Crippen molar-refractivity contribution < 1.29 is 19.3 Å². The largest absolute Gasteiger partial charge is 0.401 e. The summed E-state index contributed by atoms with van der Waals surface area (Å²) in [6.45, 7) is 17.1. The van der Waals surface area contributed by atoms with Gasteiger partial charge in [-0.1, -0.05) is 53.5 Å². The molecule has 0 aromatic carbocycles. The van der Waals surface area contributed by atoms with Gasteiger partial charge in [-0.15, -0.1) is 0 Å². The first kappa shape index (κ1) is 35.9. The van der Waals surface area contributed by atoms with E-state index in [0.29, 0.717) is 25.5 Å². The third-order valence-electron chi connectivity index (χ3n) is 5.17. The van der Waals surface area contributed by atoms with E-state index in [2.05, 4.69) is 45.7 Å². The average Bonchev–Trinajstić information content (AvgIpc) is 2.85. The Bertz CT molecular complexity index is 534. The van der Waals surface area contributed by atoms with E-state index in [1.54, 1.807) is 6.20 Å². The van der Waals surface area contributed by atoms with Crippen molar-refractivity contribution in [2.45, 2.75) is 99.0 Å². The molecule has 1 atom stereocenters. The van der Waals surface area contributed by atoms with Crippen LogP contribution in [0.5, 0.6) is 0 Å². The lowest BCUT2D eigenvalue weighted by Crippen LogP contribution is -2.24. The monoisotopic (exact) mass is 499 g/mol. The van der Waals surface area contributed by atoms with E-state index in [1.165, 1.54) is 25.7 Å². The number of allylic oxidation sites excluding steroid dienone is 2. The molecule has 1 saturated heterocycles. The molecule has 0 aliphatic carbocycles. The van der Waals surface area contributed by atoms with Gasteiger partial charge in [-0.25, -0.2) is 0 Å². The number of nitrogens with two attached hydrogens (primary N) is 2. The normalized spacial score (nSPS) is 17.0. The fourth-order valence-electron chi connectivity index (χ4n) is 3.08. The summed E-state index contributed by atoms with van der Waals surface area (Å²) in [6.07, 6.45) is 15.0. The minimum atomic E-state index is -0.0827. The van der Waals surface area contributed by atoms with E-state index in [0.717, 1.165) is 51.0 Å². The van der Waals surface area contributed by atoms with Gasteiger partial charge in [0.05, 0.1) is 32.5 Å². The zero-order valence-corrected chi connectivity index (χ0v) is 23.7. The van der Waals surface area contributed by atoms with Crippen LogP contribution < -0.4 is 11.5 Å². The zero-order valence-electron chi connectivity index (χ0n) is 23.7. The highest BCUT2D eigenvalue weighted by molar-refractivity contribution is 5.80. The van der Waals surface area contributed by atoms with E-state index in [1.807, 2.05) is 13.1 Å². The molecule has 7 heteroatoms. The maximum atomic E-state index is 8.57. The standard InChI is InChI=1S/C17H32N2O2.C6H12O2.C5H13N/c1-6-8-16(13-19-12-15(3)18)17(4,5)14-21-11-10-20-9-7-2;7-5-6-3-1-2-4-8-6;1-2-3-4-5-6/h8,12-13H,6-7,9-11,14,18H2,1-5H3;6-7H,1-5H2;2-6H2,1H3/b15-12+,16-8+,19-13+;;. The minimum Gasteiger partial charge on any atom is -0.401 e. The summed E-state index contributed by atoms with van der Waals surface area (Å²) in [5.41, 5.74) is 12.6. The summed E-state index contributed by atoms with van der Waals surface area (Å²) in [4.78, 5) is 4.26. The fourth-order valence-corrected chi connectivity index (χ4v) is 3.08. The highest BCUT2D eigenvalue weighted by atomic mass is 16.5. The maximum Gasteiger partial charge on any atom is 0.0805 e. The average molecular weight is 500 g/mol. The molecule has 1 fully saturated rings. The zero-order chi connectivity index (χ0) is 26.8. The smallest absolute Gasteiger partial charge is 0.0805 e. The molecule has 35 heavy (non-hydrogen) atoms. The maximum absolute atomic E-state index is 8.57. The van der Waals surface area contributed by atoms with E-state index >= 15 is 0 Å². The molecule has 208 valence electrons. The molecule has 1 rings (SSSR count). The molecule has 0 aromatic heterocycles. The SMILES string of the molecule is CCCCCN.CC\C=C(/C=N/C=C(\C)N)C(C)(C)COCCOCCC.OCC1CCCCO1. The van der Waals surface area contributed by atoms with Crippen molar-refractivity contribution in [1.29, 1.82) is 0 Å². The van der Waals surface area contributed by atoms with Crippen LogP contribution >= 0.6 is 0 Å². The molecule has 0 bridgehead atoms. The molecule has 0 saturated carbocycles. The number of unbranched alkanes of at least 4 members (excludes halogenated alkanes) is 2. The number of hydrogen-bond donors (Lipinski definition) is 3. The van der Waals surface area contributed by atoms with Gasteiger partial charge < -0.3 is 30.8 Å². The number of aliphatic hydroxyl groups excluding tert-OH is 1. The van der Waals surface area contributed by atoms with Crippen molar-refractivity contribution >= 4 is 6.21 Å². The first-order valence-corrected chi connectivity index (χ1v) is 13.5. The molecule has 1 unspecified atom stereocenters. The second-order valence-corrected chi connectivity index (χ2v) is 9.43. The van der Waals surface area contributed by atoms with Crippen molar-refractivity contribution in [3.63, 3.8) is 0 Å². The second kappa shape index (κ2) is 25.8. The van der Waals surface area contributed by atoms with Crippen molar-refractivity contribution in [2.24, 2.45) is 21.9 Å². The van der Waals surface area contributed by atoms with Crippen LogP contribution in [0.3, 0.4) is 0 Å². The van der Waals surface area contributed by atoms with E-state index in [-0.39, 0.29) is 18.1 Å². The molecule has 0 spiro atoms. The van der Waals surface area contributed by atoms with Crippen LogP contribution in [0.4, 0.5) is 0 Å². The topological polar surface area (TPSA) is 112 Å². The van der Waals surface area contributed by atoms with Crippen molar-refractivity contribution in [1.82, 2.24) is 0 Å². The van der Waals surface area contributed by atoms with Gasteiger partial charge in [-0.3, -0.25) is 4.99 Å². The molecule has 0 radical (unpaired) electrons. The Morgan fingerprint density at radius 1 is 1.09 bits per heavy atom. The van der Waals surface area contributed by atoms with Gasteiger partial charge in [-0.2, -0.15) is 0 Å². The van der Waals surface area contributed by atoms with Gasteiger partial charge in [0.2, 0.25) is 0 Å². The van der Waals surface area contributed by atoms with Gasteiger partial charge in [0, 0.05) is 36.7 Å². The summed E-state index contributed by atoms with van der Waals surface area (Å²) in [6, 6.07) is 0. The highest BCUT2D eigenvalue weighted by Crippen LogP contribution is 2.26. The molecule has 0 amide bonds. The van der Waals surface area contributed by atoms with Crippen molar-refractivity contribution in [3.05, 3.63) is 23.5 Å². The van der Waals surface area contributed by atoms with Crippen molar-refractivity contribution in [3.8, 4) is 0 Å². The van der Waals surface area contributed by atoms with Gasteiger partial charge in [0.1, 0.15) is 0 Å². The lowest BCUT2D eigenvalue weighted by Gasteiger charge is -2.26. The van der Waals surface area contributed by atoms with Crippen LogP contribution in [-0.2, 0) is 14.2 Å². The third-order valence-corrected chi connectivity index (χ3v) is 5.17. The predicted octanol–water partition coefficient (Wildman–Crippen LogP) is 5.37. The van der Waals surface area contributed by atoms with Crippen LogP contribution in [0, 0.1) is 5.41 Å². The lowest BCUT2D eigenvalue weighted by atomic mass is 9.85. The van der Waals surface area contributed by atoms with E-state index in [9.17, 15) is 0 Å². The first-order valence-electron chi connectivity index (χ1n) is 13.5. The van der Waals surface area contributed by atoms with Crippen LogP contribution in [0.2, 0.25) is 0 Å². The van der Waals surface area contributed by atoms with Crippen LogP contribution in [0.15, 0.2) is 28.5 Å². The Labute approximate surface area is 216 Å². The first-order chi connectivity index (χ1) is 16.8. The minimum absolute atomic E-state index is 0.0827. The summed E-state index contributed by atoms with van der Waals surface area (Å²) in [5, 5.41) is 8.57. The van der Waals surface area contributed by atoms with Crippen LogP contribution in [0.1, 0.15) is 92.9 Å². The van der Waals surface area contributed by atoms with Gasteiger partial charge in [0.15, 0.2) is 0 Å². The Morgan fingerprint density at radius 3 is 2.26 bits per heavy atom. The molecule has 1 aliphatic rings. The molecule has 1 aliphatic heterocycles. The second-order valence-electron chi connectivity index (χ2n) is 9.43. The van der Waals surface area contributed by atoms with Gasteiger partial charge in [-0.05, 0) is 57.6 Å². The summed E-state index contributed by atoms with van der Waals surface area (Å²) < 4.78 is 16.3. The summed E-state index contributed by atoms with van der Waals surface area (Å²) in [5.74, 6) is 0. The molecule has 5 N–H and O–H groups in total. The lowest BCUT2D eigenvalue weighted by molar-refractivity contribution is -0.0172. The molecule has 7 nitrogen and oxygen atoms in total. The Hall–Kier alpha value is -1.25. The number of aliphatic imine (C=N–C) groups is 1. The molecular weight excluding hydrogens is 442 g/mol. The third kappa shape index (κ3) is 24.2. The molecular formula is C28H57N3O4. The highest BCUT2D eigenvalue weighted by Gasteiger charge is 2.22. The Balaban J connectivity index is 0. The van der Waals surface area contributed by atoms with Crippen LogP contribution in [-0.4, -0.2) is 63.6 Å². The number of ether oxygens (including phenoxy) is 3.